The molecule has 2 aliphatic heterocycles. The van der Waals surface area contributed by atoms with Gasteiger partial charge in [0.2, 0.25) is 5.91 Å². The number of nitrogens with zero attached hydrogens (tertiary/aromatic N) is 4. The predicted octanol–water partition coefficient (Wildman–Crippen LogP) is 4.27. The number of hydrogen-bond acceptors (Lipinski definition) is 7. The van der Waals surface area contributed by atoms with Gasteiger partial charge < -0.3 is 20.3 Å². The minimum Gasteiger partial charge on any atom is -0.457 e. The molecule has 6 rings (SSSR count). The fraction of sp³-hybridized carbons (Fsp3) is 0.250. The molecule has 1 saturated heterocycles. The van der Waals surface area contributed by atoms with Crippen LogP contribution in [0.5, 0.6) is 11.5 Å². The monoisotopic (exact) mass is 548 g/mol. The van der Waals surface area contributed by atoms with Crippen LogP contribution in [0.1, 0.15) is 28.0 Å². The fourth-order valence-electron chi connectivity index (χ4n) is 5.28. The molecule has 41 heavy (non-hydrogen) atoms. The second kappa shape index (κ2) is 12.2. The topological polar surface area (TPSA) is 99.7 Å². The van der Waals surface area contributed by atoms with E-state index in [1.807, 2.05) is 42.7 Å². The molecule has 9 heteroatoms. The number of amides is 2. The highest BCUT2D eigenvalue weighted by molar-refractivity contribution is 6.01. The van der Waals surface area contributed by atoms with Crippen molar-refractivity contribution < 1.29 is 14.3 Å². The number of ether oxygens (including phenoxy) is 1. The number of hydrogen-bond donors (Lipinski definition) is 2. The first kappa shape index (κ1) is 26.5. The van der Waals surface area contributed by atoms with E-state index >= 15 is 0 Å². The lowest BCUT2D eigenvalue weighted by atomic mass is 10.0. The fourth-order valence-corrected chi connectivity index (χ4v) is 5.28. The number of rotatable bonds is 7. The van der Waals surface area contributed by atoms with Gasteiger partial charge in [0.25, 0.3) is 5.91 Å². The van der Waals surface area contributed by atoms with Crippen LogP contribution in [0.25, 0.3) is 0 Å². The Balaban J connectivity index is 1.05. The molecule has 4 heterocycles. The Hall–Kier alpha value is -4.76. The Bertz CT molecular complexity index is 1510. The quantitative estimate of drug-likeness (QED) is 0.356. The molecule has 2 N–H and O–H groups in total. The zero-order chi connectivity index (χ0) is 28.0. The van der Waals surface area contributed by atoms with Gasteiger partial charge in [-0.05, 0) is 60.4 Å². The summed E-state index contributed by atoms with van der Waals surface area (Å²) in [7, 11) is 0. The highest BCUT2D eigenvalue weighted by Gasteiger charge is 2.26. The van der Waals surface area contributed by atoms with Gasteiger partial charge in [-0.2, -0.15) is 0 Å². The third-order valence-electron chi connectivity index (χ3n) is 7.51. The van der Waals surface area contributed by atoms with E-state index in [0.717, 1.165) is 49.5 Å². The standard InChI is InChI=1S/C32H32N6O3/c39-31-28(35-32(40)30-21-27(12-15-34-30)41-26-4-2-1-3-5-26)9-8-24-7-6-23(20-29(24)36-31)22-37-16-18-38(19-17-37)25-10-13-33-14-11-25/h1-7,10-15,20-21,28H,8-9,16-19,22H2,(H,35,40)(H,36,39)/t28-/m1/s1. The highest BCUT2D eigenvalue weighted by Crippen LogP contribution is 2.26. The molecule has 0 aliphatic carbocycles. The van der Waals surface area contributed by atoms with Gasteiger partial charge in [-0.3, -0.25) is 24.5 Å². The van der Waals surface area contributed by atoms with Gasteiger partial charge in [0.1, 0.15) is 23.2 Å². The summed E-state index contributed by atoms with van der Waals surface area (Å²) in [5.74, 6) is 0.524. The van der Waals surface area contributed by atoms with Gasteiger partial charge in [-0.25, -0.2) is 0 Å². The van der Waals surface area contributed by atoms with E-state index in [2.05, 4.69) is 60.7 Å². The summed E-state index contributed by atoms with van der Waals surface area (Å²) in [6, 6.07) is 22.3. The predicted molar refractivity (Wildman–Crippen MR) is 157 cm³/mol. The number of aromatic nitrogens is 2. The average Bonchev–Trinajstić information content (AvgIpc) is 3.16. The first-order chi connectivity index (χ1) is 20.1. The number of aryl methyl sites for hydroxylation is 1. The van der Waals surface area contributed by atoms with Crippen LogP contribution < -0.4 is 20.3 Å². The van der Waals surface area contributed by atoms with Crippen LogP contribution in [0, 0.1) is 0 Å². The highest BCUT2D eigenvalue weighted by atomic mass is 16.5. The number of carbonyl (C=O) groups is 2. The van der Waals surface area contributed by atoms with Crippen molar-refractivity contribution in [3.05, 3.63) is 108 Å². The summed E-state index contributed by atoms with van der Waals surface area (Å²) in [5, 5.41) is 5.91. The Labute approximate surface area is 239 Å². The van der Waals surface area contributed by atoms with Crippen LogP contribution in [0.4, 0.5) is 11.4 Å². The van der Waals surface area contributed by atoms with Crippen molar-refractivity contribution in [2.45, 2.75) is 25.4 Å². The Kier molecular flexibility index (Phi) is 7.86. The lowest BCUT2D eigenvalue weighted by molar-refractivity contribution is -0.118. The lowest BCUT2D eigenvalue weighted by Crippen LogP contribution is -2.46. The van der Waals surface area contributed by atoms with Gasteiger partial charge in [-0.1, -0.05) is 30.3 Å². The lowest BCUT2D eigenvalue weighted by Gasteiger charge is -2.36. The Morgan fingerprint density at radius 3 is 2.54 bits per heavy atom. The number of fused-ring (bicyclic) bond motifs is 1. The number of benzene rings is 2. The maximum absolute atomic E-state index is 13.1. The van der Waals surface area contributed by atoms with Crippen molar-refractivity contribution in [1.29, 1.82) is 0 Å². The molecule has 1 fully saturated rings. The number of pyridine rings is 2. The van der Waals surface area contributed by atoms with Crippen LogP contribution in [0.3, 0.4) is 0 Å². The largest absolute Gasteiger partial charge is 0.457 e. The minimum absolute atomic E-state index is 0.194. The second-order valence-corrected chi connectivity index (χ2v) is 10.3. The number of piperazine rings is 1. The van der Waals surface area contributed by atoms with Crippen molar-refractivity contribution in [3.8, 4) is 11.5 Å². The van der Waals surface area contributed by atoms with Crippen molar-refractivity contribution in [3.63, 3.8) is 0 Å². The molecule has 1 atom stereocenters. The van der Waals surface area contributed by atoms with E-state index in [-0.39, 0.29) is 11.6 Å². The number of anilines is 2. The zero-order valence-electron chi connectivity index (χ0n) is 22.7. The zero-order valence-corrected chi connectivity index (χ0v) is 22.7. The second-order valence-electron chi connectivity index (χ2n) is 10.3. The third-order valence-corrected chi connectivity index (χ3v) is 7.51. The van der Waals surface area contributed by atoms with E-state index < -0.39 is 11.9 Å². The maximum Gasteiger partial charge on any atom is 0.270 e. The number of carbonyl (C=O) groups excluding carboxylic acids is 2. The molecule has 0 unspecified atom stereocenters. The summed E-state index contributed by atoms with van der Waals surface area (Å²) in [6.45, 7) is 4.67. The van der Waals surface area contributed by atoms with Crippen molar-refractivity contribution in [2.24, 2.45) is 0 Å². The smallest absolute Gasteiger partial charge is 0.270 e. The number of nitrogens with one attached hydrogen (secondary N) is 2. The molecule has 2 amide bonds. The van der Waals surface area contributed by atoms with Crippen LogP contribution in [0.2, 0.25) is 0 Å². The van der Waals surface area contributed by atoms with Crippen molar-refractivity contribution in [2.75, 3.05) is 36.4 Å². The minimum atomic E-state index is -0.667. The van der Waals surface area contributed by atoms with Gasteiger partial charge in [-0.15, -0.1) is 0 Å². The molecular formula is C32H32N6O3. The normalized spacial score (nSPS) is 17.2. The molecule has 9 nitrogen and oxygen atoms in total. The van der Waals surface area contributed by atoms with Crippen LogP contribution in [0.15, 0.2) is 91.4 Å². The molecule has 0 radical (unpaired) electrons. The SMILES string of the molecule is O=C(N[C@@H]1CCc2ccc(CN3CCN(c4ccncc4)CC3)cc2NC1=O)c1cc(Oc2ccccc2)ccn1. The maximum atomic E-state index is 13.1. The Morgan fingerprint density at radius 1 is 0.927 bits per heavy atom. The summed E-state index contributed by atoms with van der Waals surface area (Å²) in [6.07, 6.45) is 6.36. The van der Waals surface area contributed by atoms with Crippen molar-refractivity contribution in [1.82, 2.24) is 20.2 Å². The van der Waals surface area contributed by atoms with E-state index in [9.17, 15) is 9.59 Å². The molecular weight excluding hydrogens is 516 g/mol. The van der Waals surface area contributed by atoms with Gasteiger partial charge in [0.05, 0.1) is 0 Å². The molecule has 0 saturated carbocycles. The molecule has 2 aromatic carbocycles. The van der Waals surface area contributed by atoms with Gasteiger partial charge in [0.15, 0.2) is 0 Å². The van der Waals surface area contributed by atoms with E-state index in [4.69, 9.17) is 4.74 Å². The molecule has 0 bridgehead atoms. The molecule has 2 aliphatic rings. The first-order valence-corrected chi connectivity index (χ1v) is 13.9. The first-order valence-electron chi connectivity index (χ1n) is 13.9. The van der Waals surface area contributed by atoms with Gasteiger partial charge in [0, 0.05) is 68.8 Å². The number of para-hydroxylation sites is 1. The Morgan fingerprint density at radius 2 is 1.73 bits per heavy atom. The molecule has 2 aromatic heterocycles. The molecule has 0 spiro atoms. The van der Waals surface area contributed by atoms with Crippen molar-refractivity contribution >= 4 is 23.2 Å². The average molecular weight is 549 g/mol. The summed E-state index contributed by atoms with van der Waals surface area (Å²) in [5.41, 5.74) is 4.44. The summed E-state index contributed by atoms with van der Waals surface area (Å²) < 4.78 is 5.83. The molecule has 4 aromatic rings. The summed E-state index contributed by atoms with van der Waals surface area (Å²) >= 11 is 0. The van der Waals surface area contributed by atoms with E-state index in [0.29, 0.717) is 24.3 Å². The molecule has 208 valence electrons. The van der Waals surface area contributed by atoms with Crippen LogP contribution >= 0.6 is 0 Å². The van der Waals surface area contributed by atoms with E-state index in [1.165, 1.54) is 11.9 Å². The van der Waals surface area contributed by atoms with E-state index in [1.54, 1.807) is 12.1 Å². The van der Waals surface area contributed by atoms with Crippen LogP contribution in [-0.4, -0.2) is 58.9 Å². The van der Waals surface area contributed by atoms with Gasteiger partial charge >= 0.3 is 0 Å². The van der Waals surface area contributed by atoms with Crippen LogP contribution in [-0.2, 0) is 17.8 Å². The summed E-state index contributed by atoms with van der Waals surface area (Å²) in [4.78, 5) is 39.3. The third kappa shape index (κ3) is 6.53.